The summed E-state index contributed by atoms with van der Waals surface area (Å²) in [6.45, 7) is 7.01. The zero-order valence-corrected chi connectivity index (χ0v) is 11.0. The zero-order valence-electron chi connectivity index (χ0n) is 11.0. The minimum Gasteiger partial charge on any atom is -0.306 e. The molecule has 0 unspecified atom stereocenters. The first kappa shape index (κ1) is 12.5. The Hall–Kier alpha value is -1.91. The van der Waals surface area contributed by atoms with Gasteiger partial charge >= 0.3 is 0 Å². The van der Waals surface area contributed by atoms with Gasteiger partial charge in [0.1, 0.15) is 5.82 Å². The Labute approximate surface area is 106 Å². The quantitative estimate of drug-likeness (QED) is 0.899. The van der Waals surface area contributed by atoms with Gasteiger partial charge in [-0.05, 0) is 12.3 Å². The first-order chi connectivity index (χ1) is 8.60. The van der Waals surface area contributed by atoms with Crippen molar-refractivity contribution in [2.24, 2.45) is 0 Å². The van der Waals surface area contributed by atoms with Gasteiger partial charge in [0.05, 0.1) is 17.5 Å². The molecular formula is C13H18N4O. The lowest BCUT2D eigenvalue weighted by molar-refractivity contribution is 0.603. The van der Waals surface area contributed by atoms with Crippen LogP contribution in [0.5, 0.6) is 0 Å². The molecule has 0 saturated carbocycles. The molecule has 96 valence electrons. The van der Waals surface area contributed by atoms with E-state index in [1.165, 1.54) is 0 Å². The third kappa shape index (κ3) is 2.67. The summed E-state index contributed by atoms with van der Waals surface area (Å²) in [5.74, 6) is 0.824. The molecular weight excluding hydrogens is 228 g/mol. The number of H-pyrrole nitrogens is 1. The lowest BCUT2D eigenvalue weighted by atomic mass is 10.1. The van der Waals surface area contributed by atoms with Gasteiger partial charge in [0.15, 0.2) is 0 Å². The van der Waals surface area contributed by atoms with Crippen molar-refractivity contribution in [2.75, 3.05) is 0 Å². The molecule has 0 aliphatic heterocycles. The van der Waals surface area contributed by atoms with Crippen LogP contribution in [0.15, 0.2) is 23.3 Å². The molecule has 0 aromatic carbocycles. The van der Waals surface area contributed by atoms with Gasteiger partial charge < -0.3 is 4.98 Å². The van der Waals surface area contributed by atoms with Gasteiger partial charge in [-0.3, -0.25) is 9.48 Å². The highest BCUT2D eigenvalue weighted by Crippen LogP contribution is 2.15. The maximum Gasteiger partial charge on any atom is 0.251 e. The van der Waals surface area contributed by atoms with E-state index in [0.29, 0.717) is 5.82 Å². The fourth-order valence-electron chi connectivity index (χ4n) is 1.75. The van der Waals surface area contributed by atoms with Crippen LogP contribution in [-0.2, 0) is 6.54 Å². The van der Waals surface area contributed by atoms with Crippen LogP contribution in [-0.4, -0.2) is 19.7 Å². The first-order valence-corrected chi connectivity index (χ1v) is 6.24. The molecule has 2 rings (SSSR count). The number of aromatic nitrogens is 4. The minimum atomic E-state index is -0.119. The van der Waals surface area contributed by atoms with Gasteiger partial charge in [0, 0.05) is 18.8 Å². The molecule has 0 bridgehead atoms. The highest BCUT2D eigenvalue weighted by molar-refractivity contribution is 5.51. The van der Waals surface area contributed by atoms with Crippen molar-refractivity contribution >= 4 is 0 Å². The summed E-state index contributed by atoms with van der Waals surface area (Å²) in [6.07, 6.45) is 4.67. The molecule has 2 aromatic heterocycles. The Morgan fingerprint density at radius 1 is 1.44 bits per heavy atom. The van der Waals surface area contributed by atoms with Gasteiger partial charge in [0.2, 0.25) is 0 Å². The summed E-state index contributed by atoms with van der Waals surface area (Å²) in [4.78, 5) is 18.8. The molecule has 18 heavy (non-hydrogen) atoms. The van der Waals surface area contributed by atoms with E-state index in [0.717, 1.165) is 24.2 Å². The second-order valence-corrected chi connectivity index (χ2v) is 4.67. The summed E-state index contributed by atoms with van der Waals surface area (Å²) in [6, 6.07) is 1.55. The first-order valence-electron chi connectivity index (χ1n) is 6.24. The number of hydrogen-bond donors (Lipinski definition) is 1. The molecule has 2 aromatic rings. The van der Waals surface area contributed by atoms with Crippen molar-refractivity contribution in [2.45, 2.75) is 39.7 Å². The standard InChI is InChI=1S/C13H18N4O/c1-4-5-17-8-10(7-14-17)13-15-11(9(2)3)6-12(18)16-13/h6-9H,4-5H2,1-3H3,(H,15,16,18). The molecule has 1 N–H and O–H groups in total. The van der Waals surface area contributed by atoms with Crippen molar-refractivity contribution in [1.29, 1.82) is 0 Å². The van der Waals surface area contributed by atoms with E-state index < -0.39 is 0 Å². The lowest BCUT2D eigenvalue weighted by Gasteiger charge is -2.05. The van der Waals surface area contributed by atoms with Gasteiger partial charge in [-0.25, -0.2) is 4.98 Å². The predicted molar refractivity (Wildman–Crippen MR) is 70.5 cm³/mol. The van der Waals surface area contributed by atoms with E-state index >= 15 is 0 Å². The van der Waals surface area contributed by atoms with Crippen LogP contribution in [0, 0.1) is 0 Å². The molecule has 0 radical (unpaired) electrons. The summed E-state index contributed by atoms with van der Waals surface area (Å²) in [7, 11) is 0. The molecule has 2 heterocycles. The zero-order chi connectivity index (χ0) is 13.1. The summed E-state index contributed by atoms with van der Waals surface area (Å²) in [5, 5.41) is 4.24. The second kappa shape index (κ2) is 5.16. The van der Waals surface area contributed by atoms with Crippen molar-refractivity contribution in [3.63, 3.8) is 0 Å². The third-order valence-electron chi connectivity index (χ3n) is 2.71. The molecule has 5 heteroatoms. The van der Waals surface area contributed by atoms with Crippen molar-refractivity contribution in [1.82, 2.24) is 19.7 Å². The van der Waals surface area contributed by atoms with Crippen LogP contribution in [0.4, 0.5) is 0 Å². The molecule has 0 amide bonds. The van der Waals surface area contributed by atoms with Crippen LogP contribution < -0.4 is 5.56 Å². The molecule has 0 atom stereocenters. The SMILES string of the molecule is CCCn1cc(-c2nc(C(C)C)cc(=O)[nH]2)cn1. The Kier molecular flexibility index (Phi) is 3.60. The Morgan fingerprint density at radius 3 is 2.89 bits per heavy atom. The number of aromatic amines is 1. The van der Waals surface area contributed by atoms with Crippen LogP contribution in [0.2, 0.25) is 0 Å². The normalized spacial score (nSPS) is 11.1. The van der Waals surface area contributed by atoms with Gasteiger partial charge in [-0.2, -0.15) is 5.10 Å². The smallest absolute Gasteiger partial charge is 0.251 e. The van der Waals surface area contributed by atoms with Crippen molar-refractivity contribution < 1.29 is 0 Å². The predicted octanol–water partition coefficient (Wildman–Crippen LogP) is 2.17. The molecule has 0 aliphatic carbocycles. The fraction of sp³-hybridized carbons (Fsp3) is 0.462. The third-order valence-corrected chi connectivity index (χ3v) is 2.71. The fourth-order valence-corrected chi connectivity index (χ4v) is 1.75. The van der Waals surface area contributed by atoms with E-state index in [2.05, 4.69) is 22.0 Å². The largest absolute Gasteiger partial charge is 0.306 e. The van der Waals surface area contributed by atoms with E-state index in [-0.39, 0.29) is 11.5 Å². The maximum absolute atomic E-state index is 11.6. The Morgan fingerprint density at radius 2 is 2.22 bits per heavy atom. The highest BCUT2D eigenvalue weighted by atomic mass is 16.1. The number of nitrogens with one attached hydrogen (secondary N) is 1. The van der Waals surface area contributed by atoms with E-state index in [1.807, 2.05) is 24.7 Å². The van der Waals surface area contributed by atoms with Gasteiger partial charge in [0.25, 0.3) is 5.56 Å². The van der Waals surface area contributed by atoms with Crippen LogP contribution in [0.1, 0.15) is 38.8 Å². The monoisotopic (exact) mass is 246 g/mol. The number of hydrogen-bond acceptors (Lipinski definition) is 3. The Balaban J connectivity index is 2.40. The lowest BCUT2D eigenvalue weighted by Crippen LogP contribution is -2.11. The topological polar surface area (TPSA) is 63.6 Å². The average molecular weight is 246 g/mol. The molecule has 0 aliphatic rings. The molecule has 0 fully saturated rings. The van der Waals surface area contributed by atoms with Crippen molar-refractivity contribution in [3.8, 4) is 11.4 Å². The Bertz CT molecular complexity index is 583. The van der Waals surface area contributed by atoms with Gasteiger partial charge in [-0.1, -0.05) is 20.8 Å². The number of aryl methyl sites for hydroxylation is 1. The van der Waals surface area contributed by atoms with Crippen LogP contribution in [0.3, 0.4) is 0 Å². The summed E-state index contributed by atoms with van der Waals surface area (Å²) in [5.41, 5.74) is 1.53. The van der Waals surface area contributed by atoms with E-state index in [4.69, 9.17) is 0 Å². The second-order valence-electron chi connectivity index (χ2n) is 4.67. The van der Waals surface area contributed by atoms with E-state index in [9.17, 15) is 4.79 Å². The number of rotatable bonds is 4. The minimum absolute atomic E-state index is 0.119. The number of nitrogens with zero attached hydrogens (tertiary/aromatic N) is 3. The van der Waals surface area contributed by atoms with Crippen LogP contribution >= 0.6 is 0 Å². The average Bonchev–Trinajstić information content (AvgIpc) is 2.77. The maximum atomic E-state index is 11.6. The summed E-state index contributed by atoms with van der Waals surface area (Å²) >= 11 is 0. The van der Waals surface area contributed by atoms with Crippen molar-refractivity contribution in [3.05, 3.63) is 34.5 Å². The molecule has 5 nitrogen and oxygen atoms in total. The molecule has 0 spiro atoms. The van der Waals surface area contributed by atoms with Gasteiger partial charge in [-0.15, -0.1) is 0 Å². The highest BCUT2D eigenvalue weighted by Gasteiger charge is 2.08. The molecule has 0 saturated heterocycles. The van der Waals surface area contributed by atoms with Crippen LogP contribution in [0.25, 0.3) is 11.4 Å². The summed E-state index contributed by atoms with van der Waals surface area (Å²) < 4.78 is 1.86. The van der Waals surface area contributed by atoms with E-state index in [1.54, 1.807) is 12.3 Å².